The lowest BCUT2D eigenvalue weighted by atomic mass is 9.90. The molecule has 3 heteroatoms. The number of hydrogen-bond acceptors (Lipinski definition) is 2. The summed E-state index contributed by atoms with van der Waals surface area (Å²) in [5.74, 6) is 0.885. The molecule has 2 aliphatic heterocycles. The van der Waals surface area contributed by atoms with Gasteiger partial charge in [0, 0.05) is 31.2 Å². The maximum absolute atomic E-state index is 12.9. The molecule has 1 aromatic carbocycles. The van der Waals surface area contributed by atoms with Crippen molar-refractivity contribution in [1.82, 2.24) is 10.2 Å². The van der Waals surface area contributed by atoms with E-state index in [9.17, 15) is 4.79 Å². The van der Waals surface area contributed by atoms with Gasteiger partial charge in [-0.2, -0.15) is 0 Å². The Hall–Kier alpha value is -1.35. The van der Waals surface area contributed by atoms with Gasteiger partial charge in [0.15, 0.2) is 0 Å². The molecule has 2 heterocycles. The lowest BCUT2D eigenvalue weighted by Gasteiger charge is -2.37. The second-order valence-electron chi connectivity index (χ2n) is 5.89. The highest BCUT2D eigenvalue weighted by atomic mass is 16.2. The molecule has 0 spiro atoms. The van der Waals surface area contributed by atoms with Crippen molar-refractivity contribution in [2.45, 2.75) is 32.7 Å². The van der Waals surface area contributed by atoms with E-state index >= 15 is 0 Å². The van der Waals surface area contributed by atoms with Crippen LogP contribution in [0, 0.1) is 19.8 Å². The molecule has 0 aliphatic carbocycles. The maximum atomic E-state index is 12.9. The number of benzene rings is 1. The number of aryl methyl sites for hydroxylation is 2. The molecule has 1 amide bonds. The van der Waals surface area contributed by atoms with Crippen LogP contribution >= 0.6 is 0 Å². The highest BCUT2D eigenvalue weighted by Crippen LogP contribution is 2.28. The monoisotopic (exact) mass is 258 g/mol. The fourth-order valence-electron chi connectivity index (χ4n) is 3.62. The Bertz CT molecular complexity index is 477. The maximum Gasteiger partial charge on any atom is 0.254 e. The van der Waals surface area contributed by atoms with Gasteiger partial charge in [-0.25, -0.2) is 0 Å². The topological polar surface area (TPSA) is 32.3 Å². The Morgan fingerprint density at radius 3 is 2.74 bits per heavy atom. The summed E-state index contributed by atoms with van der Waals surface area (Å²) in [6.45, 7) is 7.01. The average molecular weight is 258 g/mol. The zero-order chi connectivity index (χ0) is 13.4. The summed E-state index contributed by atoms with van der Waals surface area (Å²) in [6.07, 6.45) is 2.40. The highest BCUT2D eigenvalue weighted by Gasteiger charge is 2.38. The largest absolute Gasteiger partial charge is 0.334 e. The molecule has 2 saturated heterocycles. The first-order chi connectivity index (χ1) is 9.18. The van der Waals surface area contributed by atoms with Gasteiger partial charge in [0.05, 0.1) is 0 Å². The van der Waals surface area contributed by atoms with Gasteiger partial charge in [0.25, 0.3) is 5.91 Å². The van der Waals surface area contributed by atoms with Crippen molar-refractivity contribution in [3.05, 3.63) is 34.9 Å². The molecule has 3 nitrogen and oxygen atoms in total. The van der Waals surface area contributed by atoms with Gasteiger partial charge in [-0.15, -0.1) is 0 Å². The van der Waals surface area contributed by atoms with Crippen LogP contribution in [0.15, 0.2) is 18.2 Å². The van der Waals surface area contributed by atoms with Crippen LogP contribution in [0.4, 0.5) is 0 Å². The van der Waals surface area contributed by atoms with Crippen molar-refractivity contribution in [1.29, 1.82) is 0 Å². The number of nitrogens with one attached hydrogen (secondary N) is 1. The van der Waals surface area contributed by atoms with E-state index in [1.807, 2.05) is 32.0 Å². The Morgan fingerprint density at radius 2 is 2.00 bits per heavy atom. The number of rotatable bonds is 1. The van der Waals surface area contributed by atoms with Gasteiger partial charge in [-0.05, 0) is 43.7 Å². The lowest BCUT2D eigenvalue weighted by Crippen LogP contribution is -2.48. The van der Waals surface area contributed by atoms with Crippen LogP contribution in [0.5, 0.6) is 0 Å². The third kappa shape index (κ3) is 2.16. The first-order valence-electron chi connectivity index (χ1n) is 7.26. The van der Waals surface area contributed by atoms with Crippen LogP contribution in [-0.2, 0) is 0 Å². The zero-order valence-corrected chi connectivity index (χ0v) is 11.8. The number of fused-ring (bicyclic) bond motifs is 1. The van der Waals surface area contributed by atoms with E-state index in [4.69, 9.17) is 0 Å². The van der Waals surface area contributed by atoms with Crippen molar-refractivity contribution >= 4 is 5.91 Å². The summed E-state index contributed by atoms with van der Waals surface area (Å²) in [5, 5.41) is 3.44. The van der Waals surface area contributed by atoms with E-state index in [-0.39, 0.29) is 5.91 Å². The van der Waals surface area contributed by atoms with E-state index in [0.717, 1.165) is 42.7 Å². The van der Waals surface area contributed by atoms with Crippen molar-refractivity contribution in [3.63, 3.8) is 0 Å². The molecule has 2 aliphatic rings. The predicted octanol–water partition coefficient (Wildman–Crippen LogP) is 2.13. The molecule has 0 bridgehead atoms. The summed E-state index contributed by atoms with van der Waals surface area (Å²) < 4.78 is 0. The van der Waals surface area contributed by atoms with Crippen LogP contribution in [-0.4, -0.2) is 36.5 Å². The van der Waals surface area contributed by atoms with E-state index in [1.165, 1.54) is 6.42 Å². The normalized spacial score (nSPS) is 26.3. The van der Waals surface area contributed by atoms with Gasteiger partial charge in [0.1, 0.15) is 0 Å². The van der Waals surface area contributed by atoms with Crippen LogP contribution in [0.2, 0.25) is 0 Å². The van der Waals surface area contributed by atoms with Crippen LogP contribution in [0.1, 0.15) is 34.3 Å². The molecule has 0 saturated carbocycles. The van der Waals surface area contributed by atoms with Crippen LogP contribution in [0.25, 0.3) is 0 Å². The van der Waals surface area contributed by atoms with Crippen molar-refractivity contribution < 1.29 is 4.79 Å². The SMILES string of the molecule is Cc1cccc(C)c1C(=O)N1CCCC2CNCC21. The first kappa shape index (κ1) is 12.7. The summed E-state index contributed by atoms with van der Waals surface area (Å²) in [7, 11) is 0. The summed E-state index contributed by atoms with van der Waals surface area (Å²) >= 11 is 0. The van der Waals surface area contributed by atoms with E-state index in [2.05, 4.69) is 10.2 Å². The molecule has 19 heavy (non-hydrogen) atoms. The van der Waals surface area contributed by atoms with E-state index in [0.29, 0.717) is 12.0 Å². The minimum absolute atomic E-state index is 0.231. The standard InChI is InChI=1S/C16H22N2O/c1-11-5-3-6-12(2)15(11)16(19)18-8-4-7-13-9-17-10-14(13)18/h3,5-6,13-14,17H,4,7-10H2,1-2H3. The highest BCUT2D eigenvalue weighted by molar-refractivity contribution is 5.97. The average Bonchev–Trinajstić information content (AvgIpc) is 2.86. The number of hydrogen-bond donors (Lipinski definition) is 1. The quantitative estimate of drug-likeness (QED) is 0.837. The smallest absolute Gasteiger partial charge is 0.254 e. The molecule has 1 aromatic rings. The number of amides is 1. The number of nitrogens with zero attached hydrogens (tertiary/aromatic N) is 1. The molecule has 2 fully saturated rings. The molecular formula is C16H22N2O. The molecule has 1 N–H and O–H groups in total. The molecule has 0 aromatic heterocycles. The molecule has 2 atom stereocenters. The molecular weight excluding hydrogens is 236 g/mol. The minimum Gasteiger partial charge on any atom is -0.334 e. The fraction of sp³-hybridized carbons (Fsp3) is 0.562. The van der Waals surface area contributed by atoms with Gasteiger partial charge in [-0.3, -0.25) is 4.79 Å². The van der Waals surface area contributed by atoms with Gasteiger partial charge >= 0.3 is 0 Å². The number of carbonyl (C=O) groups excluding carboxylic acids is 1. The van der Waals surface area contributed by atoms with E-state index in [1.54, 1.807) is 0 Å². The third-order valence-electron chi connectivity index (χ3n) is 4.63. The van der Waals surface area contributed by atoms with Crippen molar-refractivity contribution in [3.8, 4) is 0 Å². The number of piperidine rings is 1. The zero-order valence-electron chi connectivity index (χ0n) is 11.8. The molecule has 2 unspecified atom stereocenters. The Labute approximate surface area is 115 Å². The Balaban J connectivity index is 1.91. The van der Waals surface area contributed by atoms with Crippen molar-refractivity contribution in [2.24, 2.45) is 5.92 Å². The van der Waals surface area contributed by atoms with Crippen molar-refractivity contribution in [2.75, 3.05) is 19.6 Å². The Kier molecular flexibility index (Phi) is 3.31. The van der Waals surface area contributed by atoms with Gasteiger partial charge < -0.3 is 10.2 Å². The van der Waals surface area contributed by atoms with Gasteiger partial charge in [0.2, 0.25) is 0 Å². The van der Waals surface area contributed by atoms with Crippen LogP contribution in [0.3, 0.4) is 0 Å². The minimum atomic E-state index is 0.231. The predicted molar refractivity (Wildman–Crippen MR) is 76.3 cm³/mol. The second kappa shape index (κ2) is 4.97. The number of carbonyl (C=O) groups is 1. The fourth-order valence-corrected chi connectivity index (χ4v) is 3.62. The molecule has 102 valence electrons. The Morgan fingerprint density at radius 1 is 1.26 bits per heavy atom. The summed E-state index contributed by atoms with van der Waals surface area (Å²) in [5.41, 5.74) is 3.10. The van der Waals surface area contributed by atoms with Crippen LogP contribution < -0.4 is 5.32 Å². The summed E-state index contributed by atoms with van der Waals surface area (Å²) in [6, 6.07) is 6.50. The lowest BCUT2D eigenvalue weighted by molar-refractivity contribution is 0.0573. The third-order valence-corrected chi connectivity index (χ3v) is 4.63. The second-order valence-corrected chi connectivity index (χ2v) is 5.89. The molecule has 0 radical (unpaired) electrons. The number of likely N-dealkylation sites (tertiary alicyclic amines) is 1. The summed E-state index contributed by atoms with van der Waals surface area (Å²) in [4.78, 5) is 15.0. The van der Waals surface area contributed by atoms with E-state index < -0.39 is 0 Å². The molecule has 3 rings (SSSR count). The first-order valence-corrected chi connectivity index (χ1v) is 7.26. The van der Waals surface area contributed by atoms with Gasteiger partial charge in [-0.1, -0.05) is 18.2 Å².